The molecule has 0 fully saturated rings. The monoisotopic (exact) mass is 376 g/mol. The van der Waals surface area contributed by atoms with Crippen LogP contribution in [0.25, 0.3) is 11.1 Å². The minimum Gasteiger partial charge on any atom is -0.467 e. The second-order valence-corrected chi connectivity index (χ2v) is 7.07. The molecule has 1 N–H and O–H groups in total. The van der Waals surface area contributed by atoms with Crippen molar-refractivity contribution in [3.8, 4) is 16.9 Å². The van der Waals surface area contributed by atoms with Crippen molar-refractivity contribution in [2.45, 2.75) is 39.3 Å². The van der Waals surface area contributed by atoms with Crippen LogP contribution < -0.4 is 10.1 Å². The van der Waals surface area contributed by atoms with Crippen LogP contribution in [0.1, 0.15) is 39.3 Å². The van der Waals surface area contributed by atoms with Gasteiger partial charge >= 0.3 is 6.09 Å². The summed E-state index contributed by atoms with van der Waals surface area (Å²) in [6.45, 7) is 7.29. The molecule has 1 aromatic carbocycles. The molecule has 146 valence electrons. The number of ether oxygens (including phenoxy) is 3. The Morgan fingerprint density at radius 3 is 2.63 bits per heavy atom. The van der Waals surface area contributed by atoms with Crippen molar-refractivity contribution in [3.63, 3.8) is 0 Å². The maximum Gasteiger partial charge on any atom is 0.408 e. The Morgan fingerprint density at radius 1 is 1.26 bits per heavy atom. The Hall–Kier alpha value is -2.67. The molecule has 0 radical (unpaired) electrons. The Kier molecular flexibility index (Phi) is 6.74. The van der Waals surface area contributed by atoms with E-state index in [0.717, 1.165) is 11.8 Å². The van der Waals surface area contributed by atoms with Gasteiger partial charge in [-0.15, -0.1) is 0 Å². The zero-order valence-corrected chi connectivity index (χ0v) is 16.2. The minimum atomic E-state index is -0.583. The standard InChI is InChI=1S/C20H25FN2O4/c1-13(23-19(24)27-20(2,3)4)14-6-7-18(26-12-25-5)17(9-14)15-8-16(21)11-22-10-15/h6-11,13H,12H2,1-5H3,(H,23,24). The average molecular weight is 376 g/mol. The van der Waals surface area contributed by atoms with Crippen molar-refractivity contribution in [2.75, 3.05) is 13.9 Å². The lowest BCUT2D eigenvalue weighted by molar-refractivity contribution is 0.0508. The number of nitrogens with one attached hydrogen (secondary N) is 1. The second-order valence-electron chi connectivity index (χ2n) is 7.07. The second kappa shape index (κ2) is 8.81. The Morgan fingerprint density at radius 2 is 2.00 bits per heavy atom. The van der Waals surface area contributed by atoms with Crippen molar-refractivity contribution in [2.24, 2.45) is 0 Å². The molecule has 7 heteroatoms. The van der Waals surface area contributed by atoms with E-state index in [9.17, 15) is 9.18 Å². The molecule has 1 aromatic heterocycles. The lowest BCUT2D eigenvalue weighted by atomic mass is 10.00. The van der Waals surface area contributed by atoms with Crippen LogP contribution in [0.15, 0.2) is 36.7 Å². The summed E-state index contributed by atoms with van der Waals surface area (Å²) in [5.74, 6) is 0.0768. The van der Waals surface area contributed by atoms with Gasteiger partial charge < -0.3 is 19.5 Å². The fraction of sp³-hybridized carbons (Fsp3) is 0.400. The molecule has 0 aliphatic carbocycles. The molecule has 1 unspecified atom stereocenters. The van der Waals surface area contributed by atoms with Gasteiger partial charge in [0, 0.05) is 24.4 Å². The lowest BCUT2D eigenvalue weighted by Gasteiger charge is -2.22. The Labute approximate surface area is 158 Å². The van der Waals surface area contributed by atoms with E-state index >= 15 is 0 Å². The third-order valence-electron chi connectivity index (χ3n) is 3.59. The lowest BCUT2D eigenvalue weighted by Crippen LogP contribution is -2.34. The minimum absolute atomic E-state index is 0.0564. The van der Waals surface area contributed by atoms with Crippen LogP contribution >= 0.6 is 0 Å². The van der Waals surface area contributed by atoms with E-state index in [-0.39, 0.29) is 12.8 Å². The van der Waals surface area contributed by atoms with Crippen molar-refractivity contribution in [1.29, 1.82) is 0 Å². The molecule has 0 aliphatic rings. The van der Waals surface area contributed by atoms with Crippen molar-refractivity contribution in [3.05, 3.63) is 48.0 Å². The van der Waals surface area contributed by atoms with E-state index in [1.54, 1.807) is 33.0 Å². The van der Waals surface area contributed by atoms with Gasteiger partial charge in [-0.05, 0) is 51.5 Å². The molecule has 1 atom stereocenters. The maximum atomic E-state index is 13.6. The van der Waals surface area contributed by atoms with Gasteiger partial charge in [-0.3, -0.25) is 4.98 Å². The molecule has 0 aliphatic heterocycles. The predicted octanol–water partition coefficient (Wildman–Crippen LogP) is 4.46. The van der Waals surface area contributed by atoms with Gasteiger partial charge in [0.1, 0.15) is 17.2 Å². The highest BCUT2D eigenvalue weighted by Crippen LogP contribution is 2.33. The highest BCUT2D eigenvalue weighted by Gasteiger charge is 2.19. The Balaban J connectivity index is 2.30. The summed E-state index contributed by atoms with van der Waals surface area (Å²) in [6.07, 6.45) is 2.17. The van der Waals surface area contributed by atoms with E-state index in [4.69, 9.17) is 14.2 Å². The van der Waals surface area contributed by atoms with E-state index in [2.05, 4.69) is 10.3 Å². The van der Waals surface area contributed by atoms with Gasteiger partial charge in [0.15, 0.2) is 6.79 Å². The number of methoxy groups -OCH3 is 1. The van der Waals surface area contributed by atoms with Crippen molar-refractivity contribution >= 4 is 6.09 Å². The fourth-order valence-corrected chi connectivity index (χ4v) is 2.42. The number of benzene rings is 1. The molecule has 1 amide bonds. The summed E-state index contributed by atoms with van der Waals surface area (Å²) >= 11 is 0. The van der Waals surface area contributed by atoms with Crippen LogP contribution in [0.4, 0.5) is 9.18 Å². The van der Waals surface area contributed by atoms with Crippen LogP contribution in [0.2, 0.25) is 0 Å². The van der Waals surface area contributed by atoms with E-state index < -0.39 is 17.5 Å². The third-order valence-corrected chi connectivity index (χ3v) is 3.59. The highest BCUT2D eigenvalue weighted by atomic mass is 19.1. The molecule has 0 spiro atoms. The first-order valence-electron chi connectivity index (χ1n) is 8.55. The maximum absolute atomic E-state index is 13.6. The van der Waals surface area contributed by atoms with Gasteiger partial charge in [0.2, 0.25) is 0 Å². The number of pyridine rings is 1. The normalized spacial score (nSPS) is 12.4. The fourth-order valence-electron chi connectivity index (χ4n) is 2.42. The quantitative estimate of drug-likeness (QED) is 0.754. The summed E-state index contributed by atoms with van der Waals surface area (Å²) in [4.78, 5) is 15.9. The van der Waals surface area contributed by atoms with Gasteiger partial charge in [-0.1, -0.05) is 6.07 Å². The molecule has 1 heterocycles. The number of carbonyl (C=O) groups is 1. The van der Waals surface area contributed by atoms with Crippen LogP contribution in [-0.2, 0) is 9.47 Å². The molecular weight excluding hydrogens is 351 g/mol. The molecule has 2 aromatic rings. The number of amides is 1. The molecular formula is C20H25FN2O4. The number of hydrogen-bond acceptors (Lipinski definition) is 5. The number of alkyl carbamates (subject to hydrolysis) is 1. The molecule has 0 bridgehead atoms. The van der Waals surface area contributed by atoms with Gasteiger partial charge in [-0.25, -0.2) is 9.18 Å². The van der Waals surface area contributed by atoms with Crippen LogP contribution in [0.5, 0.6) is 5.75 Å². The molecule has 0 saturated heterocycles. The number of rotatable bonds is 6. The zero-order valence-electron chi connectivity index (χ0n) is 16.2. The molecule has 27 heavy (non-hydrogen) atoms. The Bertz CT molecular complexity index is 790. The SMILES string of the molecule is COCOc1ccc(C(C)NC(=O)OC(C)(C)C)cc1-c1cncc(F)c1. The van der Waals surface area contributed by atoms with Crippen LogP contribution in [0.3, 0.4) is 0 Å². The van der Waals surface area contributed by atoms with Crippen molar-refractivity contribution < 1.29 is 23.4 Å². The largest absolute Gasteiger partial charge is 0.467 e. The zero-order chi connectivity index (χ0) is 20.0. The van der Waals surface area contributed by atoms with Gasteiger partial charge in [-0.2, -0.15) is 0 Å². The van der Waals surface area contributed by atoms with Gasteiger partial charge in [0.25, 0.3) is 0 Å². The summed E-state index contributed by atoms with van der Waals surface area (Å²) in [7, 11) is 1.52. The van der Waals surface area contributed by atoms with E-state index in [1.807, 2.05) is 19.1 Å². The average Bonchev–Trinajstić information content (AvgIpc) is 2.58. The van der Waals surface area contributed by atoms with Crippen LogP contribution in [0, 0.1) is 5.82 Å². The first-order valence-corrected chi connectivity index (χ1v) is 8.55. The van der Waals surface area contributed by atoms with E-state index in [1.165, 1.54) is 13.2 Å². The summed E-state index contributed by atoms with van der Waals surface area (Å²) in [6, 6.07) is 6.45. The summed E-state index contributed by atoms with van der Waals surface area (Å²) < 4.78 is 29.4. The van der Waals surface area contributed by atoms with Gasteiger partial charge in [0.05, 0.1) is 12.2 Å². The van der Waals surface area contributed by atoms with Crippen molar-refractivity contribution in [1.82, 2.24) is 10.3 Å². The molecule has 0 saturated carbocycles. The van der Waals surface area contributed by atoms with Crippen LogP contribution in [-0.4, -0.2) is 30.6 Å². The molecule has 6 nitrogen and oxygen atoms in total. The summed E-state index contributed by atoms with van der Waals surface area (Å²) in [5.41, 5.74) is 1.44. The smallest absolute Gasteiger partial charge is 0.408 e. The number of nitrogens with zero attached hydrogens (tertiary/aromatic N) is 1. The highest BCUT2D eigenvalue weighted by molar-refractivity contribution is 5.72. The first kappa shape index (κ1) is 20.6. The number of hydrogen-bond donors (Lipinski definition) is 1. The number of halogens is 1. The summed E-state index contributed by atoms with van der Waals surface area (Å²) in [5, 5.41) is 2.79. The number of aromatic nitrogens is 1. The third kappa shape index (κ3) is 6.21. The van der Waals surface area contributed by atoms with E-state index in [0.29, 0.717) is 16.9 Å². The topological polar surface area (TPSA) is 69.7 Å². The molecule has 2 rings (SSSR count). The number of carbonyl (C=O) groups excluding carboxylic acids is 1. The predicted molar refractivity (Wildman–Crippen MR) is 99.9 cm³/mol. The first-order chi connectivity index (χ1) is 12.7.